The highest BCUT2D eigenvalue weighted by molar-refractivity contribution is 5.81. The number of fused-ring (bicyclic) bond motifs is 1. The zero-order chi connectivity index (χ0) is 17.3. The molecule has 0 aliphatic carbocycles. The van der Waals surface area contributed by atoms with Crippen LogP contribution in [0, 0.1) is 13.0 Å². The maximum atomic E-state index is 5.75. The number of rotatable bonds is 5. The zero-order valence-electron chi connectivity index (χ0n) is 14.7. The minimum absolute atomic E-state index is 0.0113. The predicted octanol–water partition coefficient (Wildman–Crippen LogP) is 4.10. The van der Waals surface area contributed by atoms with Gasteiger partial charge in [-0.05, 0) is 46.8 Å². The number of hydrogen-bond acceptors (Lipinski definition) is 4. The van der Waals surface area contributed by atoms with Crippen LogP contribution >= 0.6 is 0 Å². The van der Waals surface area contributed by atoms with Crippen LogP contribution < -0.4 is 9.47 Å². The summed E-state index contributed by atoms with van der Waals surface area (Å²) in [5.74, 6) is 1.20. The van der Waals surface area contributed by atoms with Crippen molar-refractivity contribution in [2.75, 3.05) is 0 Å². The third-order valence-corrected chi connectivity index (χ3v) is 3.37. The van der Waals surface area contributed by atoms with E-state index in [0.29, 0.717) is 17.7 Å². The molecule has 2 heterocycles. The molecular formula is C19H22N3O2. The predicted molar refractivity (Wildman–Crippen MR) is 94.0 cm³/mol. The normalized spacial score (nSPS) is 11.5. The number of ether oxygens (including phenoxy) is 2. The minimum Gasteiger partial charge on any atom is -0.475 e. The molecule has 1 radical (unpaired) electrons. The third kappa shape index (κ3) is 3.50. The Bertz CT molecular complexity index is 825. The first-order valence-corrected chi connectivity index (χ1v) is 8.14. The first-order valence-electron chi connectivity index (χ1n) is 8.14. The van der Waals surface area contributed by atoms with Crippen LogP contribution in [0.5, 0.6) is 11.9 Å². The van der Waals surface area contributed by atoms with Gasteiger partial charge in [0.05, 0.1) is 17.7 Å². The van der Waals surface area contributed by atoms with E-state index >= 15 is 0 Å². The molecule has 24 heavy (non-hydrogen) atoms. The monoisotopic (exact) mass is 324 g/mol. The van der Waals surface area contributed by atoms with Crippen LogP contribution in [-0.2, 0) is 0 Å². The summed E-state index contributed by atoms with van der Waals surface area (Å²) in [5.41, 5.74) is 2.23. The van der Waals surface area contributed by atoms with Gasteiger partial charge in [-0.15, -0.1) is 0 Å². The van der Waals surface area contributed by atoms with Gasteiger partial charge in [0, 0.05) is 23.7 Å². The highest BCUT2D eigenvalue weighted by atomic mass is 16.5. The van der Waals surface area contributed by atoms with E-state index in [2.05, 4.69) is 41.2 Å². The first-order chi connectivity index (χ1) is 11.4. The third-order valence-electron chi connectivity index (χ3n) is 3.37. The topological polar surface area (TPSA) is 49.2 Å². The van der Waals surface area contributed by atoms with Crippen molar-refractivity contribution >= 4 is 10.9 Å². The lowest BCUT2D eigenvalue weighted by Crippen LogP contribution is -2.13. The molecule has 0 aliphatic rings. The van der Waals surface area contributed by atoms with E-state index in [-0.39, 0.29) is 12.2 Å². The van der Waals surface area contributed by atoms with Crippen molar-refractivity contribution in [1.29, 1.82) is 0 Å². The summed E-state index contributed by atoms with van der Waals surface area (Å²) in [4.78, 5) is 8.86. The molecule has 3 aromatic rings. The second-order valence-corrected chi connectivity index (χ2v) is 6.34. The smallest absolute Gasteiger partial charge is 0.321 e. The molecule has 0 atom stereocenters. The number of hydrogen-bond donors (Lipinski definition) is 0. The molecule has 1 aromatic carbocycles. The summed E-state index contributed by atoms with van der Waals surface area (Å²) in [6, 6.07) is 11.6. The largest absolute Gasteiger partial charge is 0.475 e. The van der Waals surface area contributed by atoms with Crippen LogP contribution in [0.25, 0.3) is 16.7 Å². The van der Waals surface area contributed by atoms with E-state index in [1.165, 1.54) is 5.56 Å². The van der Waals surface area contributed by atoms with Crippen LogP contribution in [-0.4, -0.2) is 26.7 Å². The number of aromatic nitrogens is 3. The van der Waals surface area contributed by atoms with E-state index in [4.69, 9.17) is 9.47 Å². The highest BCUT2D eigenvalue weighted by Crippen LogP contribution is 2.24. The van der Waals surface area contributed by atoms with Crippen LogP contribution in [0.3, 0.4) is 0 Å². The van der Waals surface area contributed by atoms with E-state index in [0.717, 1.165) is 10.9 Å². The van der Waals surface area contributed by atoms with E-state index in [1.54, 1.807) is 0 Å². The van der Waals surface area contributed by atoms with Crippen molar-refractivity contribution in [3.63, 3.8) is 0 Å². The molecule has 5 heteroatoms. The zero-order valence-corrected chi connectivity index (χ0v) is 14.7. The van der Waals surface area contributed by atoms with Crippen LogP contribution in [0.2, 0.25) is 0 Å². The van der Waals surface area contributed by atoms with Gasteiger partial charge >= 0.3 is 6.01 Å². The minimum atomic E-state index is -0.0113. The SMILES string of the molecule is Cc1ccc2c([c]cn2-c2cc(OC(C)C)nc(OC(C)C)n2)c1. The molecule has 0 amide bonds. The van der Waals surface area contributed by atoms with Gasteiger partial charge in [0.15, 0.2) is 0 Å². The Morgan fingerprint density at radius 2 is 1.75 bits per heavy atom. The molecule has 5 nitrogen and oxygen atoms in total. The fourth-order valence-electron chi connectivity index (χ4n) is 2.45. The van der Waals surface area contributed by atoms with Crippen molar-refractivity contribution < 1.29 is 9.47 Å². The van der Waals surface area contributed by atoms with Gasteiger partial charge in [-0.2, -0.15) is 9.97 Å². The van der Waals surface area contributed by atoms with Gasteiger partial charge in [0.1, 0.15) is 5.82 Å². The molecule has 0 fully saturated rings. The average Bonchev–Trinajstić information content (AvgIpc) is 2.88. The molecule has 125 valence electrons. The number of nitrogens with zero attached hydrogens (tertiary/aromatic N) is 3. The van der Waals surface area contributed by atoms with Gasteiger partial charge in [-0.3, -0.25) is 0 Å². The molecule has 0 spiro atoms. The van der Waals surface area contributed by atoms with Crippen molar-refractivity contribution in [2.45, 2.75) is 46.8 Å². The molecule has 0 aliphatic heterocycles. The first kappa shape index (κ1) is 16.3. The second kappa shape index (κ2) is 6.51. The Balaban J connectivity index is 2.10. The summed E-state index contributed by atoms with van der Waals surface area (Å²) in [7, 11) is 0. The number of benzene rings is 1. The van der Waals surface area contributed by atoms with Gasteiger partial charge in [0.2, 0.25) is 5.88 Å². The van der Waals surface area contributed by atoms with Gasteiger partial charge in [-0.25, -0.2) is 0 Å². The lowest BCUT2D eigenvalue weighted by Gasteiger charge is -2.14. The van der Waals surface area contributed by atoms with Crippen molar-refractivity contribution in [2.24, 2.45) is 0 Å². The Morgan fingerprint density at radius 3 is 2.46 bits per heavy atom. The highest BCUT2D eigenvalue weighted by Gasteiger charge is 2.13. The maximum Gasteiger partial charge on any atom is 0.321 e. The molecule has 0 saturated carbocycles. The van der Waals surface area contributed by atoms with Crippen LogP contribution in [0.4, 0.5) is 0 Å². The summed E-state index contributed by atoms with van der Waals surface area (Å²) in [6.07, 6.45) is 1.89. The molecule has 0 bridgehead atoms. The van der Waals surface area contributed by atoms with Gasteiger partial charge < -0.3 is 14.0 Å². The molecule has 0 N–H and O–H groups in total. The quantitative estimate of drug-likeness (QED) is 0.709. The molecular weight excluding hydrogens is 302 g/mol. The Hall–Kier alpha value is -2.56. The fraction of sp³-hybridized carbons (Fsp3) is 0.368. The van der Waals surface area contributed by atoms with Crippen LogP contribution in [0.1, 0.15) is 33.3 Å². The fourth-order valence-corrected chi connectivity index (χ4v) is 2.45. The second-order valence-electron chi connectivity index (χ2n) is 6.34. The summed E-state index contributed by atoms with van der Waals surface area (Å²) >= 11 is 0. The average molecular weight is 324 g/mol. The lowest BCUT2D eigenvalue weighted by atomic mass is 10.2. The van der Waals surface area contributed by atoms with Crippen molar-refractivity contribution in [3.8, 4) is 17.7 Å². The molecule has 2 aromatic heterocycles. The lowest BCUT2D eigenvalue weighted by molar-refractivity contribution is 0.203. The Kier molecular flexibility index (Phi) is 4.42. The van der Waals surface area contributed by atoms with Crippen LogP contribution in [0.15, 0.2) is 30.5 Å². The van der Waals surface area contributed by atoms with Gasteiger partial charge in [-0.1, -0.05) is 11.6 Å². The van der Waals surface area contributed by atoms with E-state index in [1.807, 2.05) is 44.5 Å². The Morgan fingerprint density at radius 1 is 1.00 bits per heavy atom. The number of aryl methyl sites for hydroxylation is 1. The van der Waals surface area contributed by atoms with E-state index in [9.17, 15) is 0 Å². The summed E-state index contributed by atoms with van der Waals surface area (Å²) in [6.45, 7) is 9.89. The van der Waals surface area contributed by atoms with Crippen molar-refractivity contribution in [1.82, 2.24) is 14.5 Å². The molecule has 3 rings (SSSR count). The van der Waals surface area contributed by atoms with Crippen molar-refractivity contribution in [3.05, 3.63) is 42.1 Å². The van der Waals surface area contributed by atoms with Gasteiger partial charge in [0.25, 0.3) is 0 Å². The molecule has 0 unspecified atom stereocenters. The molecule has 0 saturated heterocycles. The summed E-state index contributed by atoms with van der Waals surface area (Å²) < 4.78 is 13.4. The Labute approximate surface area is 142 Å². The standard InChI is InChI=1S/C19H22N3O2/c1-12(2)23-18-11-17(20-19(21-18)24-13(3)4)22-9-8-15-10-14(5)6-7-16(15)22/h6-7,9-13H,1-5H3. The maximum absolute atomic E-state index is 5.75. The summed E-state index contributed by atoms with van der Waals surface area (Å²) in [5, 5.41) is 1.05. The van der Waals surface area contributed by atoms with E-state index < -0.39 is 0 Å².